The first-order chi connectivity index (χ1) is 8.27. The molecule has 0 aliphatic carbocycles. The van der Waals surface area contributed by atoms with Gasteiger partial charge in [-0.3, -0.25) is 0 Å². The van der Waals surface area contributed by atoms with Crippen LogP contribution in [-0.2, 0) is 17.8 Å². The minimum Gasteiger partial charge on any atom is -0.382 e. The van der Waals surface area contributed by atoms with Gasteiger partial charge in [-0.15, -0.1) is 0 Å². The van der Waals surface area contributed by atoms with Crippen LogP contribution in [0.2, 0.25) is 0 Å². The second kappa shape index (κ2) is 4.30. The minimum absolute atomic E-state index is 0.574. The summed E-state index contributed by atoms with van der Waals surface area (Å²) < 4.78 is 8.54. The van der Waals surface area contributed by atoms with Crippen LogP contribution in [-0.4, -0.2) is 16.4 Å². The van der Waals surface area contributed by atoms with Gasteiger partial charge in [-0.1, -0.05) is 12.1 Å². The smallest absolute Gasteiger partial charge is 0.151 e. The van der Waals surface area contributed by atoms with E-state index in [0.717, 1.165) is 24.3 Å². The van der Waals surface area contributed by atoms with Crippen LogP contribution in [0.3, 0.4) is 0 Å². The maximum Gasteiger partial charge on any atom is 0.151 e. The molecule has 5 heteroatoms. The third-order valence-corrected chi connectivity index (χ3v) is 3.84. The van der Waals surface area contributed by atoms with Crippen LogP contribution in [0.15, 0.2) is 24.3 Å². The molecular weight excluding hydrogens is 329 g/mol. The Morgan fingerprint density at radius 2 is 2.18 bits per heavy atom. The quantitative estimate of drug-likeness (QED) is 0.809. The summed E-state index contributed by atoms with van der Waals surface area (Å²) in [5, 5.41) is 4.43. The Labute approximate surface area is 113 Å². The highest BCUT2D eigenvalue weighted by atomic mass is 127. The van der Waals surface area contributed by atoms with E-state index in [1.54, 1.807) is 0 Å². The predicted molar refractivity (Wildman–Crippen MR) is 74.1 cm³/mol. The van der Waals surface area contributed by atoms with E-state index in [9.17, 15) is 0 Å². The van der Waals surface area contributed by atoms with Crippen molar-refractivity contribution >= 4 is 28.4 Å². The van der Waals surface area contributed by atoms with Gasteiger partial charge in [-0.2, -0.15) is 5.10 Å². The number of hydrogen-bond acceptors (Lipinski definition) is 3. The number of nitrogens with zero attached hydrogens (tertiary/aromatic N) is 2. The first-order valence-corrected chi connectivity index (χ1v) is 6.54. The number of anilines is 1. The first kappa shape index (κ1) is 11.0. The Hall–Kier alpha value is -1.08. The maximum absolute atomic E-state index is 5.94. The third-order valence-electron chi connectivity index (χ3n) is 2.93. The number of benzene rings is 1. The number of fused-ring (bicyclic) bond motifs is 1. The molecule has 0 saturated heterocycles. The van der Waals surface area contributed by atoms with Crippen LogP contribution in [0.25, 0.3) is 5.69 Å². The van der Waals surface area contributed by atoms with Crippen molar-refractivity contribution < 1.29 is 4.74 Å². The van der Waals surface area contributed by atoms with Crippen molar-refractivity contribution in [1.82, 2.24) is 9.78 Å². The lowest BCUT2D eigenvalue weighted by Crippen LogP contribution is -2.13. The van der Waals surface area contributed by atoms with Crippen molar-refractivity contribution in [2.75, 3.05) is 12.3 Å². The normalized spacial score (nSPS) is 14.6. The summed E-state index contributed by atoms with van der Waals surface area (Å²) >= 11 is 2.32. The largest absolute Gasteiger partial charge is 0.382 e. The van der Waals surface area contributed by atoms with Gasteiger partial charge in [-0.05, 0) is 34.7 Å². The van der Waals surface area contributed by atoms with Crippen LogP contribution in [0.4, 0.5) is 5.82 Å². The summed E-state index contributed by atoms with van der Waals surface area (Å²) in [6, 6.07) is 8.16. The third kappa shape index (κ3) is 1.83. The van der Waals surface area contributed by atoms with E-state index >= 15 is 0 Å². The number of halogens is 1. The first-order valence-electron chi connectivity index (χ1n) is 5.46. The van der Waals surface area contributed by atoms with Gasteiger partial charge >= 0.3 is 0 Å². The van der Waals surface area contributed by atoms with Gasteiger partial charge in [0.2, 0.25) is 0 Å². The average molecular weight is 341 g/mol. The van der Waals surface area contributed by atoms with Gasteiger partial charge in [0, 0.05) is 15.6 Å². The fraction of sp³-hybridized carbons (Fsp3) is 0.250. The molecule has 1 aromatic carbocycles. The second-order valence-electron chi connectivity index (χ2n) is 3.98. The van der Waals surface area contributed by atoms with E-state index in [2.05, 4.69) is 39.8 Å². The summed E-state index contributed by atoms with van der Waals surface area (Å²) in [5.41, 5.74) is 9.24. The molecule has 4 nitrogen and oxygen atoms in total. The molecule has 0 fully saturated rings. The minimum atomic E-state index is 0.574. The van der Waals surface area contributed by atoms with Gasteiger partial charge in [0.15, 0.2) is 5.82 Å². The number of ether oxygens (including phenoxy) is 1. The monoisotopic (exact) mass is 341 g/mol. The topological polar surface area (TPSA) is 53.1 Å². The van der Waals surface area contributed by atoms with E-state index < -0.39 is 0 Å². The lowest BCUT2D eigenvalue weighted by atomic mass is 10.1. The van der Waals surface area contributed by atoms with Crippen LogP contribution in [0.1, 0.15) is 11.3 Å². The molecule has 1 aromatic heterocycles. The van der Waals surface area contributed by atoms with Crippen molar-refractivity contribution in [2.24, 2.45) is 0 Å². The van der Waals surface area contributed by atoms with Crippen molar-refractivity contribution in [3.63, 3.8) is 0 Å². The number of aromatic nitrogens is 2. The van der Waals surface area contributed by atoms with E-state index in [0.29, 0.717) is 12.4 Å². The Morgan fingerprint density at radius 1 is 1.35 bits per heavy atom. The molecule has 0 amide bonds. The summed E-state index contributed by atoms with van der Waals surface area (Å²) in [6.45, 7) is 1.31. The molecule has 2 aromatic rings. The van der Waals surface area contributed by atoms with Crippen LogP contribution >= 0.6 is 22.6 Å². The van der Waals surface area contributed by atoms with Gasteiger partial charge in [0.25, 0.3) is 0 Å². The Kier molecular flexibility index (Phi) is 2.79. The van der Waals surface area contributed by atoms with Crippen molar-refractivity contribution in [2.45, 2.75) is 13.0 Å². The molecule has 17 heavy (non-hydrogen) atoms. The highest BCUT2D eigenvalue weighted by Crippen LogP contribution is 2.27. The number of nitrogen functional groups attached to an aromatic ring is 1. The SMILES string of the molecule is Nc1nn(-c2ccccc2I)c2c1COCC2. The van der Waals surface area contributed by atoms with Crippen LogP contribution in [0, 0.1) is 3.57 Å². The average Bonchev–Trinajstić information content (AvgIpc) is 2.68. The van der Waals surface area contributed by atoms with Gasteiger partial charge in [-0.25, -0.2) is 4.68 Å². The molecule has 2 heterocycles. The fourth-order valence-electron chi connectivity index (χ4n) is 2.08. The van der Waals surface area contributed by atoms with E-state index in [1.165, 1.54) is 9.26 Å². The molecule has 3 rings (SSSR count). The van der Waals surface area contributed by atoms with E-state index in [-0.39, 0.29) is 0 Å². The van der Waals surface area contributed by atoms with E-state index in [4.69, 9.17) is 10.5 Å². The van der Waals surface area contributed by atoms with Crippen LogP contribution < -0.4 is 5.73 Å². The Bertz CT molecular complexity index is 565. The lowest BCUT2D eigenvalue weighted by molar-refractivity contribution is 0.110. The molecule has 0 spiro atoms. The molecule has 0 unspecified atom stereocenters. The van der Waals surface area contributed by atoms with Crippen molar-refractivity contribution in [1.29, 1.82) is 0 Å². The summed E-state index contributed by atoms with van der Waals surface area (Å²) in [4.78, 5) is 0. The van der Waals surface area contributed by atoms with Gasteiger partial charge in [0.05, 0.1) is 24.6 Å². The Morgan fingerprint density at radius 3 is 3.00 bits per heavy atom. The fourth-order valence-corrected chi connectivity index (χ4v) is 2.70. The lowest BCUT2D eigenvalue weighted by Gasteiger charge is -2.15. The highest BCUT2D eigenvalue weighted by molar-refractivity contribution is 14.1. The number of hydrogen-bond donors (Lipinski definition) is 1. The van der Waals surface area contributed by atoms with E-state index in [1.807, 2.05) is 16.8 Å². The molecule has 1 aliphatic rings. The molecular formula is C12H12IN3O. The van der Waals surface area contributed by atoms with Crippen LogP contribution in [0.5, 0.6) is 0 Å². The molecule has 1 aliphatic heterocycles. The van der Waals surface area contributed by atoms with Gasteiger partial charge < -0.3 is 10.5 Å². The van der Waals surface area contributed by atoms with Crippen molar-refractivity contribution in [3.8, 4) is 5.69 Å². The zero-order valence-electron chi connectivity index (χ0n) is 9.19. The number of nitrogens with two attached hydrogens (primary N) is 1. The predicted octanol–water partition coefficient (Wildman–Crippen LogP) is 2.13. The summed E-state index contributed by atoms with van der Waals surface area (Å²) in [5.74, 6) is 0.583. The molecule has 0 radical (unpaired) electrons. The number of para-hydroxylation sites is 1. The van der Waals surface area contributed by atoms with Crippen molar-refractivity contribution in [3.05, 3.63) is 39.1 Å². The molecule has 88 valence electrons. The molecule has 0 saturated carbocycles. The zero-order chi connectivity index (χ0) is 11.8. The second-order valence-corrected chi connectivity index (χ2v) is 5.14. The Balaban J connectivity index is 2.19. The summed E-state index contributed by atoms with van der Waals surface area (Å²) in [6.07, 6.45) is 0.866. The number of rotatable bonds is 1. The molecule has 0 atom stereocenters. The molecule has 0 bridgehead atoms. The highest BCUT2D eigenvalue weighted by Gasteiger charge is 2.21. The standard InChI is InChI=1S/C12H12IN3O/c13-9-3-1-2-4-11(9)16-10-5-6-17-7-8(10)12(14)15-16/h1-4H,5-7H2,(H2,14,15). The maximum atomic E-state index is 5.94. The molecule has 2 N–H and O–H groups in total. The zero-order valence-corrected chi connectivity index (χ0v) is 11.3. The van der Waals surface area contributed by atoms with Gasteiger partial charge in [0.1, 0.15) is 0 Å². The summed E-state index contributed by atoms with van der Waals surface area (Å²) in [7, 11) is 0.